The molecule has 9 nitrogen and oxygen atoms in total. The molecule has 2 aromatic heterocycles. The lowest BCUT2D eigenvalue weighted by Gasteiger charge is -2.41. The molecule has 4 rings (SSSR count). The standard InChI is InChI=1S/C18H25N7O2S/c1-4-5-24-6-7-25(28(26,27)18-11-20-23(3)22-18)12-17(24)15-9-14-10-19-21-16(14)8-13(15)2/h8-11,17H,4-7,12H2,1-3H3,(H,19,21). The first kappa shape index (κ1) is 19.0. The summed E-state index contributed by atoms with van der Waals surface area (Å²) >= 11 is 0. The van der Waals surface area contributed by atoms with Crippen molar-refractivity contribution in [1.82, 2.24) is 34.4 Å². The lowest BCUT2D eigenvalue weighted by Crippen LogP contribution is -2.50. The molecule has 10 heteroatoms. The lowest BCUT2D eigenvalue weighted by atomic mass is 9.96. The SMILES string of the molecule is CCCN1CCN(S(=O)(=O)c2cnn(C)n2)CC1c1cc2cn[nH]c2cc1C. The minimum atomic E-state index is -3.67. The molecular formula is C18H25N7O2S. The van der Waals surface area contributed by atoms with Crippen LogP contribution >= 0.6 is 0 Å². The molecule has 1 fully saturated rings. The molecule has 1 saturated heterocycles. The van der Waals surface area contributed by atoms with Crippen molar-refractivity contribution in [2.45, 2.75) is 31.3 Å². The number of aryl methyl sites for hydroxylation is 2. The Morgan fingerprint density at radius 3 is 2.79 bits per heavy atom. The van der Waals surface area contributed by atoms with Gasteiger partial charge in [0, 0.05) is 38.1 Å². The van der Waals surface area contributed by atoms with E-state index in [-0.39, 0.29) is 11.1 Å². The number of piperazine rings is 1. The quantitative estimate of drug-likeness (QED) is 0.692. The third kappa shape index (κ3) is 3.31. The van der Waals surface area contributed by atoms with Gasteiger partial charge in [0.05, 0.1) is 17.9 Å². The van der Waals surface area contributed by atoms with E-state index in [9.17, 15) is 8.42 Å². The van der Waals surface area contributed by atoms with Gasteiger partial charge in [0.25, 0.3) is 10.0 Å². The highest BCUT2D eigenvalue weighted by Gasteiger charge is 2.36. The molecule has 0 bridgehead atoms. The Kier molecular flexibility index (Phi) is 4.94. The average molecular weight is 404 g/mol. The van der Waals surface area contributed by atoms with Crippen molar-refractivity contribution in [2.24, 2.45) is 7.05 Å². The van der Waals surface area contributed by atoms with Crippen molar-refractivity contribution in [2.75, 3.05) is 26.2 Å². The number of aromatic amines is 1. The molecule has 0 spiro atoms. The molecule has 1 atom stereocenters. The van der Waals surface area contributed by atoms with Crippen molar-refractivity contribution in [3.63, 3.8) is 0 Å². The zero-order valence-corrected chi connectivity index (χ0v) is 17.1. The molecule has 0 amide bonds. The average Bonchev–Trinajstić information content (AvgIpc) is 3.30. The largest absolute Gasteiger partial charge is 0.294 e. The Balaban J connectivity index is 1.71. The van der Waals surface area contributed by atoms with Crippen LogP contribution in [0.25, 0.3) is 10.9 Å². The topological polar surface area (TPSA) is 100 Å². The maximum Gasteiger partial charge on any atom is 0.264 e. The Morgan fingerprint density at radius 2 is 2.07 bits per heavy atom. The van der Waals surface area contributed by atoms with Crippen molar-refractivity contribution < 1.29 is 8.42 Å². The number of rotatable bonds is 5. The molecule has 1 aromatic carbocycles. The molecule has 1 aliphatic rings. The normalized spacial score (nSPS) is 19.5. The Bertz CT molecular complexity index is 1090. The third-order valence-electron chi connectivity index (χ3n) is 5.33. The number of hydrogen-bond donors (Lipinski definition) is 1. The number of aromatic nitrogens is 5. The van der Waals surface area contributed by atoms with Crippen LogP contribution in [0.3, 0.4) is 0 Å². The van der Waals surface area contributed by atoms with Crippen LogP contribution < -0.4 is 0 Å². The molecule has 3 heterocycles. The van der Waals surface area contributed by atoms with E-state index in [2.05, 4.69) is 51.3 Å². The van der Waals surface area contributed by atoms with E-state index < -0.39 is 10.0 Å². The van der Waals surface area contributed by atoms with Gasteiger partial charge >= 0.3 is 0 Å². The van der Waals surface area contributed by atoms with Crippen LogP contribution in [0.15, 0.2) is 29.6 Å². The predicted octanol–water partition coefficient (Wildman–Crippen LogP) is 1.46. The summed E-state index contributed by atoms with van der Waals surface area (Å²) in [6.07, 6.45) is 4.13. The number of hydrogen-bond acceptors (Lipinski definition) is 6. The third-order valence-corrected chi connectivity index (χ3v) is 7.06. The van der Waals surface area contributed by atoms with Crippen LogP contribution in [0.5, 0.6) is 0 Å². The number of fused-ring (bicyclic) bond motifs is 1. The molecule has 0 saturated carbocycles. The Morgan fingerprint density at radius 1 is 1.25 bits per heavy atom. The second kappa shape index (κ2) is 7.26. The second-order valence-electron chi connectivity index (χ2n) is 7.25. The molecule has 150 valence electrons. The molecule has 1 unspecified atom stereocenters. The first-order valence-corrected chi connectivity index (χ1v) is 10.9. The van der Waals surface area contributed by atoms with E-state index in [1.54, 1.807) is 13.2 Å². The van der Waals surface area contributed by atoms with Crippen molar-refractivity contribution >= 4 is 20.9 Å². The summed E-state index contributed by atoms with van der Waals surface area (Å²) in [5.74, 6) is 0. The molecule has 3 aromatic rings. The highest BCUT2D eigenvalue weighted by Crippen LogP contribution is 2.32. The summed E-state index contributed by atoms with van der Waals surface area (Å²) in [7, 11) is -2.06. The summed E-state index contributed by atoms with van der Waals surface area (Å²) in [5.41, 5.74) is 3.26. The second-order valence-corrected chi connectivity index (χ2v) is 9.14. The van der Waals surface area contributed by atoms with Gasteiger partial charge < -0.3 is 0 Å². The number of benzene rings is 1. The van der Waals surface area contributed by atoms with Gasteiger partial charge in [0.2, 0.25) is 5.03 Å². The molecule has 1 N–H and O–H groups in total. The Hall–Kier alpha value is -2.30. The molecule has 1 aliphatic heterocycles. The van der Waals surface area contributed by atoms with Crippen LogP contribution in [-0.4, -0.2) is 69.0 Å². The van der Waals surface area contributed by atoms with Crippen molar-refractivity contribution in [3.05, 3.63) is 35.7 Å². The van der Waals surface area contributed by atoms with Crippen LogP contribution in [0, 0.1) is 6.92 Å². The van der Waals surface area contributed by atoms with Crippen LogP contribution in [-0.2, 0) is 17.1 Å². The van der Waals surface area contributed by atoms with Crippen LogP contribution in [0.4, 0.5) is 0 Å². The van der Waals surface area contributed by atoms with E-state index in [4.69, 9.17) is 0 Å². The summed E-state index contributed by atoms with van der Waals surface area (Å²) in [5, 5.41) is 16.1. The first-order chi connectivity index (χ1) is 13.4. The fourth-order valence-corrected chi connectivity index (χ4v) is 5.24. The van der Waals surface area contributed by atoms with E-state index in [1.165, 1.54) is 15.3 Å². The van der Waals surface area contributed by atoms with Gasteiger partial charge in [-0.25, -0.2) is 8.42 Å². The highest BCUT2D eigenvalue weighted by molar-refractivity contribution is 7.89. The fourth-order valence-electron chi connectivity index (χ4n) is 3.92. The van der Waals surface area contributed by atoms with E-state index in [1.807, 2.05) is 0 Å². The predicted molar refractivity (Wildman–Crippen MR) is 105 cm³/mol. The molecular weight excluding hydrogens is 378 g/mol. The highest BCUT2D eigenvalue weighted by atomic mass is 32.2. The van der Waals surface area contributed by atoms with Gasteiger partial charge in [-0.15, -0.1) is 5.10 Å². The molecule has 0 radical (unpaired) electrons. The van der Waals surface area contributed by atoms with E-state index in [0.717, 1.165) is 35.0 Å². The monoisotopic (exact) mass is 403 g/mol. The molecule has 28 heavy (non-hydrogen) atoms. The minimum Gasteiger partial charge on any atom is -0.294 e. The minimum absolute atomic E-state index is 0.000278. The van der Waals surface area contributed by atoms with Gasteiger partial charge in [-0.05, 0) is 43.1 Å². The van der Waals surface area contributed by atoms with Crippen LogP contribution in [0.1, 0.15) is 30.5 Å². The van der Waals surface area contributed by atoms with E-state index in [0.29, 0.717) is 19.6 Å². The molecule has 0 aliphatic carbocycles. The number of nitrogens with one attached hydrogen (secondary N) is 1. The number of H-pyrrole nitrogens is 1. The lowest BCUT2D eigenvalue weighted by molar-refractivity contribution is 0.118. The zero-order valence-electron chi connectivity index (χ0n) is 16.3. The maximum atomic E-state index is 13.1. The van der Waals surface area contributed by atoms with Gasteiger partial charge in [0.1, 0.15) is 0 Å². The number of sulfonamides is 1. The fraction of sp³-hybridized carbons (Fsp3) is 0.500. The number of nitrogens with zero attached hydrogens (tertiary/aromatic N) is 6. The van der Waals surface area contributed by atoms with E-state index >= 15 is 0 Å². The van der Waals surface area contributed by atoms with Gasteiger partial charge in [-0.3, -0.25) is 10.00 Å². The van der Waals surface area contributed by atoms with Crippen molar-refractivity contribution in [3.8, 4) is 0 Å². The van der Waals surface area contributed by atoms with Gasteiger partial charge in [-0.1, -0.05) is 6.92 Å². The summed E-state index contributed by atoms with van der Waals surface area (Å²) in [6.45, 7) is 6.65. The summed E-state index contributed by atoms with van der Waals surface area (Å²) < 4.78 is 27.7. The Labute approximate surface area is 164 Å². The first-order valence-electron chi connectivity index (χ1n) is 9.44. The smallest absolute Gasteiger partial charge is 0.264 e. The van der Waals surface area contributed by atoms with Crippen molar-refractivity contribution in [1.29, 1.82) is 0 Å². The van der Waals surface area contributed by atoms with Gasteiger partial charge in [-0.2, -0.15) is 19.3 Å². The zero-order chi connectivity index (χ0) is 19.9. The van der Waals surface area contributed by atoms with Gasteiger partial charge in [0.15, 0.2) is 0 Å². The maximum absolute atomic E-state index is 13.1. The summed E-state index contributed by atoms with van der Waals surface area (Å²) in [6, 6.07) is 4.19. The van der Waals surface area contributed by atoms with Crippen LogP contribution in [0.2, 0.25) is 0 Å². The summed E-state index contributed by atoms with van der Waals surface area (Å²) in [4.78, 5) is 3.64.